The average molecular weight is 453 g/mol. The van der Waals surface area contributed by atoms with Crippen LogP contribution in [0.5, 0.6) is 0 Å². The van der Waals surface area contributed by atoms with Gasteiger partial charge in [-0.05, 0) is 38.8 Å². The van der Waals surface area contributed by atoms with E-state index in [1.54, 1.807) is 44.6 Å². The molecule has 0 aliphatic carbocycles. The number of anilines is 2. The summed E-state index contributed by atoms with van der Waals surface area (Å²) in [6.45, 7) is 5.78. The number of halogens is 2. The van der Waals surface area contributed by atoms with Crippen LogP contribution in [0.15, 0.2) is 36.8 Å². The number of nitrogens with zero attached hydrogens (tertiary/aromatic N) is 6. The van der Waals surface area contributed by atoms with E-state index < -0.39 is 6.43 Å². The maximum Gasteiger partial charge on any atom is 0.280 e. The number of hydrogen-bond donors (Lipinski definition) is 1. The van der Waals surface area contributed by atoms with Crippen molar-refractivity contribution in [1.29, 1.82) is 0 Å². The Morgan fingerprint density at radius 1 is 1.12 bits per heavy atom. The van der Waals surface area contributed by atoms with Crippen molar-refractivity contribution >= 4 is 17.4 Å². The van der Waals surface area contributed by atoms with E-state index in [1.807, 2.05) is 11.8 Å². The van der Waals surface area contributed by atoms with Gasteiger partial charge < -0.3 is 10.2 Å². The maximum atomic E-state index is 13.2. The van der Waals surface area contributed by atoms with Crippen LogP contribution in [0.1, 0.15) is 56.2 Å². The first kappa shape index (κ1) is 22.6. The van der Waals surface area contributed by atoms with Crippen LogP contribution < -0.4 is 5.32 Å². The van der Waals surface area contributed by atoms with Crippen LogP contribution in [0.4, 0.5) is 20.3 Å². The number of pyridine rings is 1. The van der Waals surface area contributed by atoms with Crippen molar-refractivity contribution < 1.29 is 13.6 Å². The second-order valence-corrected chi connectivity index (χ2v) is 8.23. The molecule has 0 saturated carbocycles. The van der Waals surface area contributed by atoms with Gasteiger partial charge in [0, 0.05) is 55.3 Å². The van der Waals surface area contributed by atoms with Gasteiger partial charge in [0.25, 0.3) is 6.43 Å². The van der Waals surface area contributed by atoms with Crippen LogP contribution in [-0.2, 0) is 4.79 Å². The molecule has 1 amide bonds. The fourth-order valence-corrected chi connectivity index (χ4v) is 4.06. The van der Waals surface area contributed by atoms with Gasteiger partial charge in [-0.15, -0.1) is 0 Å². The maximum absolute atomic E-state index is 13.2. The Morgan fingerprint density at radius 2 is 1.94 bits per heavy atom. The van der Waals surface area contributed by atoms with E-state index in [0.29, 0.717) is 41.0 Å². The number of aryl methyl sites for hydroxylation is 1. The number of carbonyl (C=O) groups is 1. The highest BCUT2D eigenvalue weighted by Crippen LogP contribution is 2.31. The van der Waals surface area contributed by atoms with Gasteiger partial charge in [0.15, 0.2) is 0 Å². The van der Waals surface area contributed by atoms with Crippen molar-refractivity contribution in [3.8, 4) is 11.4 Å². The summed E-state index contributed by atoms with van der Waals surface area (Å²) in [7, 11) is 0. The molecule has 0 spiro atoms. The summed E-state index contributed by atoms with van der Waals surface area (Å²) < 4.78 is 26.5. The molecule has 1 fully saturated rings. The summed E-state index contributed by atoms with van der Waals surface area (Å²) in [6.07, 6.45) is 3.75. The molecule has 3 aromatic rings. The lowest BCUT2D eigenvalue weighted by atomic mass is 9.92. The topological polar surface area (TPSA) is 96.8 Å². The van der Waals surface area contributed by atoms with E-state index in [2.05, 4.69) is 25.3 Å². The molecule has 1 aliphatic rings. The number of carbonyl (C=O) groups excluding carboxylic acids is 1. The number of hydrogen-bond acceptors (Lipinski definition) is 7. The number of nitrogens with one attached hydrogen (secondary N) is 1. The van der Waals surface area contributed by atoms with E-state index in [0.717, 1.165) is 12.8 Å². The number of rotatable bonds is 5. The van der Waals surface area contributed by atoms with Gasteiger partial charge in [0.2, 0.25) is 5.91 Å². The molecule has 4 heterocycles. The van der Waals surface area contributed by atoms with Crippen molar-refractivity contribution in [2.75, 3.05) is 11.9 Å². The molecule has 0 bridgehead atoms. The first-order chi connectivity index (χ1) is 15.8. The summed E-state index contributed by atoms with van der Waals surface area (Å²) in [6, 6.07) is 4.85. The summed E-state index contributed by atoms with van der Waals surface area (Å²) >= 11 is 0. The highest BCUT2D eigenvalue weighted by atomic mass is 19.3. The Balaban J connectivity index is 1.72. The van der Waals surface area contributed by atoms with Gasteiger partial charge >= 0.3 is 0 Å². The van der Waals surface area contributed by atoms with Crippen LogP contribution in [0.25, 0.3) is 11.4 Å². The summed E-state index contributed by atoms with van der Waals surface area (Å²) in [5.41, 5.74) is 1.74. The van der Waals surface area contributed by atoms with E-state index in [-0.39, 0.29) is 23.6 Å². The normalized spacial score (nSPS) is 18.4. The van der Waals surface area contributed by atoms with E-state index in [1.165, 1.54) is 6.07 Å². The molecule has 4 rings (SSSR count). The third-order valence-electron chi connectivity index (χ3n) is 5.69. The molecule has 1 aliphatic heterocycles. The van der Waals surface area contributed by atoms with Crippen LogP contribution >= 0.6 is 0 Å². The summed E-state index contributed by atoms with van der Waals surface area (Å²) in [4.78, 5) is 35.7. The minimum Gasteiger partial charge on any atom is -0.340 e. The Kier molecular flexibility index (Phi) is 6.52. The third kappa shape index (κ3) is 5.27. The van der Waals surface area contributed by atoms with Gasteiger partial charge in [-0.3, -0.25) is 19.7 Å². The van der Waals surface area contributed by atoms with Crippen LogP contribution in [-0.4, -0.2) is 48.3 Å². The largest absolute Gasteiger partial charge is 0.340 e. The van der Waals surface area contributed by atoms with Crippen molar-refractivity contribution in [3.05, 3.63) is 54.0 Å². The zero-order valence-corrected chi connectivity index (χ0v) is 18.7. The lowest BCUT2D eigenvalue weighted by Gasteiger charge is -2.37. The minimum atomic E-state index is -2.68. The highest BCUT2D eigenvalue weighted by Gasteiger charge is 2.30. The molecule has 0 aromatic carbocycles. The predicted molar refractivity (Wildman–Crippen MR) is 119 cm³/mol. The van der Waals surface area contributed by atoms with Crippen LogP contribution in [0.3, 0.4) is 0 Å². The molecule has 1 N–H and O–H groups in total. The Hall–Kier alpha value is -3.56. The summed E-state index contributed by atoms with van der Waals surface area (Å²) in [5.74, 6) is 0.971. The molecule has 0 unspecified atom stereocenters. The molecule has 0 radical (unpaired) electrons. The molecule has 2 atom stereocenters. The SMILES string of the molecule is CC(=O)N1C[C@H](c2nc(Nc3cc(C)nc(C(F)F)c3)cc(-c3cnccn3)n2)CC[C@@H]1C. The second-order valence-electron chi connectivity index (χ2n) is 8.23. The van der Waals surface area contributed by atoms with Gasteiger partial charge in [-0.2, -0.15) is 0 Å². The molecule has 8 nitrogen and oxygen atoms in total. The molecule has 1 saturated heterocycles. The number of alkyl halides is 2. The fraction of sp³-hybridized carbons (Fsp3) is 0.391. The van der Waals surface area contributed by atoms with Gasteiger partial charge in [-0.25, -0.2) is 18.7 Å². The quantitative estimate of drug-likeness (QED) is 0.610. The number of amides is 1. The Morgan fingerprint density at radius 3 is 2.64 bits per heavy atom. The number of piperidine rings is 1. The summed E-state index contributed by atoms with van der Waals surface area (Å²) in [5, 5.41) is 3.12. The molecule has 10 heteroatoms. The Bertz CT molecular complexity index is 1140. The van der Waals surface area contributed by atoms with Gasteiger partial charge in [0.1, 0.15) is 23.0 Å². The van der Waals surface area contributed by atoms with E-state index >= 15 is 0 Å². The molecular formula is C23H25F2N7O. The Labute approximate surface area is 190 Å². The van der Waals surface area contributed by atoms with E-state index in [4.69, 9.17) is 4.98 Å². The van der Waals surface area contributed by atoms with Gasteiger partial charge in [0.05, 0.1) is 11.9 Å². The number of aromatic nitrogens is 5. The van der Waals surface area contributed by atoms with Crippen LogP contribution in [0.2, 0.25) is 0 Å². The molecule has 33 heavy (non-hydrogen) atoms. The van der Waals surface area contributed by atoms with Crippen molar-refractivity contribution in [3.63, 3.8) is 0 Å². The van der Waals surface area contributed by atoms with Crippen molar-refractivity contribution in [1.82, 2.24) is 29.8 Å². The first-order valence-electron chi connectivity index (χ1n) is 10.8. The van der Waals surface area contributed by atoms with E-state index in [9.17, 15) is 13.6 Å². The third-order valence-corrected chi connectivity index (χ3v) is 5.69. The minimum absolute atomic E-state index is 0.0161. The predicted octanol–water partition coefficient (Wildman–Crippen LogP) is 4.43. The monoisotopic (exact) mass is 453 g/mol. The van der Waals surface area contributed by atoms with Crippen LogP contribution in [0, 0.1) is 6.92 Å². The zero-order chi connectivity index (χ0) is 23.5. The zero-order valence-electron chi connectivity index (χ0n) is 18.7. The lowest BCUT2D eigenvalue weighted by Crippen LogP contribution is -2.44. The first-order valence-corrected chi connectivity index (χ1v) is 10.8. The van der Waals surface area contributed by atoms with Gasteiger partial charge in [-0.1, -0.05) is 0 Å². The fourth-order valence-electron chi connectivity index (χ4n) is 4.06. The average Bonchev–Trinajstić information content (AvgIpc) is 2.79. The lowest BCUT2D eigenvalue weighted by molar-refractivity contribution is -0.132. The smallest absolute Gasteiger partial charge is 0.280 e. The second kappa shape index (κ2) is 9.51. The highest BCUT2D eigenvalue weighted by molar-refractivity contribution is 5.73. The molecule has 172 valence electrons. The number of likely N-dealkylation sites (tertiary alicyclic amines) is 1. The van der Waals surface area contributed by atoms with Crippen molar-refractivity contribution in [2.24, 2.45) is 0 Å². The molecule has 3 aromatic heterocycles. The van der Waals surface area contributed by atoms with Crippen molar-refractivity contribution in [2.45, 2.75) is 52.0 Å². The standard InChI is InChI=1S/C23H25F2N7O/c1-13-8-17(9-19(28-13)22(24)25)29-21-10-18(20-11-26-6-7-27-20)30-23(31-21)16-5-4-14(2)32(12-16)15(3)33/h6-11,14,16,22H,4-5,12H2,1-3H3,(H,28,29,30,31)/t14-,16+/m0/s1. The molecular weight excluding hydrogens is 428 g/mol.